The van der Waals surface area contributed by atoms with Crippen molar-refractivity contribution in [2.75, 3.05) is 32.7 Å². The third-order valence-electron chi connectivity index (χ3n) is 3.36. The lowest BCUT2D eigenvalue weighted by Crippen LogP contribution is -2.48. The Morgan fingerprint density at radius 1 is 1.38 bits per heavy atom. The van der Waals surface area contributed by atoms with Crippen LogP contribution in [-0.4, -0.2) is 53.4 Å². The molecule has 110 valence electrons. The van der Waals surface area contributed by atoms with Crippen LogP contribution in [-0.2, 0) is 0 Å². The number of amides is 1. The lowest BCUT2D eigenvalue weighted by atomic mass is 10.1. The molecule has 0 atom stereocenters. The van der Waals surface area contributed by atoms with Crippen LogP contribution in [0, 0.1) is 21.4 Å². The van der Waals surface area contributed by atoms with Crippen molar-refractivity contribution in [2.24, 2.45) is 0 Å². The zero-order valence-electron chi connectivity index (χ0n) is 11.2. The molecule has 0 radical (unpaired) electrons. The fourth-order valence-electron chi connectivity index (χ4n) is 2.24. The van der Waals surface area contributed by atoms with Crippen LogP contribution in [0.2, 0.25) is 5.02 Å². The van der Waals surface area contributed by atoms with Gasteiger partial charge in [-0.15, -0.1) is 0 Å². The third-order valence-corrected chi connectivity index (χ3v) is 3.67. The maximum Gasteiger partial charge on any atom is 0.283 e. The zero-order valence-corrected chi connectivity index (χ0v) is 11.9. The van der Waals surface area contributed by atoms with E-state index in [0.717, 1.165) is 0 Å². The molecule has 0 spiro atoms. The van der Waals surface area contributed by atoms with Gasteiger partial charge in [0.2, 0.25) is 0 Å². The Bertz CT molecular complexity index is 606. The predicted molar refractivity (Wildman–Crippen MR) is 76.1 cm³/mol. The quantitative estimate of drug-likeness (QED) is 0.480. The zero-order chi connectivity index (χ0) is 15.4. The molecular formula is C13H13ClN4O3. The molecule has 1 heterocycles. The Kier molecular flexibility index (Phi) is 4.73. The molecule has 1 aliphatic heterocycles. The Morgan fingerprint density at radius 2 is 2.05 bits per heavy atom. The van der Waals surface area contributed by atoms with Crippen molar-refractivity contribution in [3.8, 4) is 6.07 Å². The number of nitro benzene ring substituents is 1. The van der Waals surface area contributed by atoms with E-state index in [4.69, 9.17) is 16.9 Å². The van der Waals surface area contributed by atoms with Gasteiger partial charge in [0.15, 0.2) is 0 Å². The number of nitrogens with zero attached hydrogens (tertiary/aromatic N) is 4. The van der Waals surface area contributed by atoms with E-state index in [0.29, 0.717) is 32.7 Å². The summed E-state index contributed by atoms with van der Waals surface area (Å²) in [6.45, 7) is 2.29. The van der Waals surface area contributed by atoms with Crippen molar-refractivity contribution in [2.45, 2.75) is 0 Å². The minimum Gasteiger partial charge on any atom is -0.336 e. The van der Waals surface area contributed by atoms with Gasteiger partial charge in [-0.25, -0.2) is 0 Å². The molecule has 0 N–H and O–H groups in total. The van der Waals surface area contributed by atoms with Crippen molar-refractivity contribution < 1.29 is 9.72 Å². The van der Waals surface area contributed by atoms with Gasteiger partial charge in [0.25, 0.3) is 11.6 Å². The van der Waals surface area contributed by atoms with Crippen molar-refractivity contribution in [1.82, 2.24) is 9.80 Å². The van der Waals surface area contributed by atoms with Crippen LogP contribution in [0.25, 0.3) is 0 Å². The molecule has 0 aromatic heterocycles. The summed E-state index contributed by atoms with van der Waals surface area (Å²) < 4.78 is 0. The first-order chi connectivity index (χ1) is 10.0. The highest BCUT2D eigenvalue weighted by molar-refractivity contribution is 6.34. The molecular weight excluding hydrogens is 296 g/mol. The number of carbonyl (C=O) groups is 1. The predicted octanol–water partition coefficient (Wildman–Crippen LogP) is 1.53. The van der Waals surface area contributed by atoms with Crippen LogP contribution in [0.3, 0.4) is 0 Å². The van der Waals surface area contributed by atoms with Gasteiger partial charge in [-0.05, 0) is 6.07 Å². The fraction of sp³-hybridized carbons (Fsp3) is 0.385. The van der Waals surface area contributed by atoms with E-state index in [1.54, 1.807) is 0 Å². The number of halogens is 1. The molecule has 1 aliphatic rings. The summed E-state index contributed by atoms with van der Waals surface area (Å²) in [4.78, 5) is 26.3. The first-order valence-corrected chi connectivity index (χ1v) is 6.74. The van der Waals surface area contributed by atoms with Gasteiger partial charge in [-0.1, -0.05) is 17.7 Å². The van der Waals surface area contributed by atoms with Crippen molar-refractivity contribution in [3.63, 3.8) is 0 Å². The molecule has 1 amide bonds. The molecule has 1 aromatic rings. The van der Waals surface area contributed by atoms with Crippen LogP contribution >= 0.6 is 11.6 Å². The molecule has 1 fully saturated rings. The number of benzene rings is 1. The van der Waals surface area contributed by atoms with Crippen LogP contribution in [0.4, 0.5) is 5.69 Å². The maximum atomic E-state index is 12.5. The highest BCUT2D eigenvalue weighted by Crippen LogP contribution is 2.27. The van der Waals surface area contributed by atoms with Crippen LogP contribution in [0.15, 0.2) is 18.2 Å². The number of piperazine rings is 1. The summed E-state index contributed by atoms with van der Waals surface area (Å²) in [5.74, 6) is -0.441. The topological polar surface area (TPSA) is 90.5 Å². The smallest absolute Gasteiger partial charge is 0.283 e. The summed E-state index contributed by atoms with van der Waals surface area (Å²) in [6.07, 6.45) is 0. The lowest BCUT2D eigenvalue weighted by molar-refractivity contribution is -0.385. The van der Waals surface area contributed by atoms with Crippen LogP contribution in [0.5, 0.6) is 0 Å². The van der Waals surface area contributed by atoms with E-state index in [9.17, 15) is 14.9 Å². The van der Waals surface area contributed by atoms with Gasteiger partial charge in [0, 0.05) is 32.2 Å². The van der Waals surface area contributed by atoms with Gasteiger partial charge in [0.1, 0.15) is 5.56 Å². The van der Waals surface area contributed by atoms with E-state index < -0.39 is 10.8 Å². The summed E-state index contributed by atoms with van der Waals surface area (Å²) >= 11 is 5.96. The summed E-state index contributed by atoms with van der Waals surface area (Å²) in [6, 6.07) is 6.24. The van der Waals surface area contributed by atoms with E-state index in [-0.39, 0.29) is 16.3 Å². The molecule has 2 rings (SSSR count). The van der Waals surface area contributed by atoms with Crippen molar-refractivity contribution in [1.29, 1.82) is 5.26 Å². The number of nitriles is 1. The Balaban J connectivity index is 2.19. The highest BCUT2D eigenvalue weighted by Gasteiger charge is 2.29. The van der Waals surface area contributed by atoms with E-state index in [1.165, 1.54) is 23.1 Å². The molecule has 1 aromatic carbocycles. The summed E-state index contributed by atoms with van der Waals surface area (Å²) in [7, 11) is 0. The van der Waals surface area contributed by atoms with Gasteiger partial charge in [0.05, 0.1) is 22.6 Å². The van der Waals surface area contributed by atoms with Crippen LogP contribution in [0.1, 0.15) is 10.4 Å². The second-order valence-corrected chi connectivity index (χ2v) is 5.02. The molecule has 7 nitrogen and oxygen atoms in total. The minimum atomic E-state index is -0.606. The number of hydrogen-bond acceptors (Lipinski definition) is 5. The second kappa shape index (κ2) is 6.52. The lowest BCUT2D eigenvalue weighted by Gasteiger charge is -2.33. The molecule has 21 heavy (non-hydrogen) atoms. The molecule has 0 bridgehead atoms. The molecule has 8 heteroatoms. The summed E-state index contributed by atoms with van der Waals surface area (Å²) in [5, 5.41) is 19.7. The molecule has 0 aliphatic carbocycles. The number of carbonyl (C=O) groups excluding carboxylic acids is 1. The van der Waals surface area contributed by atoms with E-state index in [1.807, 2.05) is 4.90 Å². The average Bonchev–Trinajstić information content (AvgIpc) is 2.47. The first-order valence-electron chi connectivity index (χ1n) is 6.36. The fourth-order valence-corrected chi connectivity index (χ4v) is 2.49. The van der Waals surface area contributed by atoms with Crippen molar-refractivity contribution in [3.05, 3.63) is 38.9 Å². The maximum absolute atomic E-state index is 12.5. The van der Waals surface area contributed by atoms with E-state index >= 15 is 0 Å². The first kappa shape index (κ1) is 15.2. The number of rotatable bonds is 3. The minimum absolute atomic E-state index is 0.0714. The standard InChI is InChI=1S/C13H13ClN4O3/c14-10-2-1-3-11(18(20)21)12(10)13(19)17-8-6-16(5-4-15)7-9-17/h1-3H,5-9H2. The normalized spacial score (nSPS) is 15.5. The molecule has 0 unspecified atom stereocenters. The Hall–Kier alpha value is -2.17. The van der Waals surface area contributed by atoms with Gasteiger partial charge >= 0.3 is 0 Å². The van der Waals surface area contributed by atoms with Gasteiger partial charge < -0.3 is 4.90 Å². The number of nitro groups is 1. The molecule has 0 saturated carbocycles. The monoisotopic (exact) mass is 308 g/mol. The highest BCUT2D eigenvalue weighted by atomic mass is 35.5. The largest absolute Gasteiger partial charge is 0.336 e. The Morgan fingerprint density at radius 3 is 2.62 bits per heavy atom. The number of hydrogen-bond donors (Lipinski definition) is 0. The average molecular weight is 309 g/mol. The van der Waals surface area contributed by atoms with Gasteiger partial charge in [-0.2, -0.15) is 5.26 Å². The second-order valence-electron chi connectivity index (χ2n) is 4.62. The van der Waals surface area contributed by atoms with Crippen molar-refractivity contribution >= 4 is 23.2 Å². The SMILES string of the molecule is N#CCN1CCN(C(=O)c2c(Cl)cccc2[N+](=O)[O-])CC1. The molecule has 1 saturated heterocycles. The Labute approximate surface area is 126 Å². The van der Waals surface area contributed by atoms with Gasteiger partial charge in [-0.3, -0.25) is 19.8 Å². The van der Waals surface area contributed by atoms with E-state index in [2.05, 4.69) is 6.07 Å². The summed E-state index contributed by atoms with van der Waals surface area (Å²) in [5.41, 5.74) is -0.357. The third kappa shape index (κ3) is 3.29. The van der Waals surface area contributed by atoms with Crippen LogP contribution < -0.4 is 0 Å².